The normalized spacial score (nSPS) is 10.4. The summed E-state index contributed by atoms with van der Waals surface area (Å²) in [4.78, 5) is 27.8. The number of hydrogen-bond donors (Lipinski definition) is 2. The molecule has 0 saturated heterocycles. The van der Waals surface area contributed by atoms with E-state index in [-0.39, 0.29) is 18.2 Å². The molecule has 2 amide bonds. The quantitative estimate of drug-likeness (QED) is 0.650. The minimum absolute atomic E-state index is 0.194. The number of amides is 2. The number of carbonyl (C=O) groups excluding carboxylic acids is 2. The molecule has 28 heavy (non-hydrogen) atoms. The van der Waals surface area contributed by atoms with Gasteiger partial charge in [-0.2, -0.15) is 0 Å². The Morgan fingerprint density at radius 3 is 2.61 bits per heavy atom. The van der Waals surface area contributed by atoms with E-state index in [1.807, 2.05) is 30.3 Å². The van der Waals surface area contributed by atoms with E-state index in [4.69, 9.17) is 9.15 Å². The average Bonchev–Trinajstić information content (AvgIpc) is 3.16. The van der Waals surface area contributed by atoms with Gasteiger partial charge in [-0.3, -0.25) is 9.59 Å². The first kappa shape index (κ1) is 19.2. The van der Waals surface area contributed by atoms with Crippen LogP contribution in [0.15, 0.2) is 59.1 Å². The second-order valence-electron chi connectivity index (χ2n) is 6.13. The van der Waals surface area contributed by atoms with Gasteiger partial charge >= 0.3 is 0 Å². The molecule has 0 aliphatic heterocycles. The van der Waals surface area contributed by atoms with Gasteiger partial charge in [0.15, 0.2) is 11.7 Å². The molecule has 0 bridgehead atoms. The Hall–Kier alpha value is -3.61. The fourth-order valence-corrected chi connectivity index (χ4v) is 2.68. The van der Waals surface area contributed by atoms with Crippen LogP contribution in [0.2, 0.25) is 0 Å². The Morgan fingerprint density at radius 1 is 1.11 bits per heavy atom. The first-order valence-corrected chi connectivity index (χ1v) is 8.81. The molecule has 3 aromatic rings. The number of ether oxygens (including phenoxy) is 1. The number of hydrogen-bond acceptors (Lipinski definition) is 5. The summed E-state index contributed by atoms with van der Waals surface area (Å²) < 4.78 is 11.0. The molecule has 7 nitrogen and oxygen atoms in total. The molecule has 1 heterocycles. The van der Waals surface area contributed by atoms with Gasteiger partial charge in [0, 0.05) is 31.0 Å². The molecule has 0 aliphatic rings. The lowest BCUT2D eigenvalue weighted by Crippen LogP contribution is -2.14. The molecule has 0 fully saturated rings. The standard InChI is InChI=1S/C21H21N3O4/c1-14(25)23-16-8-9-18(27-2)17(12-16)24-20(26)10-11-21-22-13-19(28-21)15-6-4-3-5-7-15/h3-9,12-13H,10-11H2,1-2H3,(H,23,25)(H,24,26). The van der Waals surface area contributed by atoms with Crippen LogP contribution in [-0.2, 0) is 16.0 Å². The minimum Gasteiger partial charge on any atom is -0.495 e. The SMILES string of the molecule is COc1ccc(NC(C)=O)cc1NC(=O)CCc1ncc(-c2ccccc2)o1. The predicted octanol–water partition coefficient (Wildman–Crippen LogP) is 3.88. The number of oxazole rings is 1. The first-order chi connectivity index (χ1) is 13.5. The maximum Gasteiger partial charge on any atom is 0.224 e. The number of carbonyl (C=O) groups is 2. The van der Waals surface area contributed by atoms with Gasteiger partial charge in [0.05, 0.1) is 19.0 Å². The van der Waals surface area contributed by atoms with Gasteiger partial charge in [0.25, 0.3) is 0 Å². The van der Waals surface area contributed by atoms with Crippen molar-refractivity contribution in [2.45, 2.75) is 19.8 Å². The van der Waals surface area contributed by atoms with Crippen molar-refractivity contribution < 1.29 is 18.7 Å². The zero-order valence-electron chi connectivity index (χ0n) is 15.7. The smallest absolute Gasteiger partial charge is 0.224 e. The maximum absolute atomic E-state index is 12.3. The number of nitrogens with one attached hydrogen (secondary N) is 2. The molecule has 0 aliphatic carbocycles. The van der Waals surface area contributed by atoms with Crippen LogP contribution in [0.1, 0.15) is 19.2 Å². The molecule has 2 N–H and O–H groups in total. The van der Waals surface area contributed by atoms with Gasteiger partial charge in [-0.15, -0.1) is 0 Å². The molecule has 0 unspecified atom stereocenters. The summed E-state index contributed by atoms with van der Waals surface area (Å²) in [6, 6.07) is 14.7. The largest absolute Gasteiger partial charge is 0.495 e. The molecule has 2 aromatic carbocycles. The monoisotopic (exact) mass is 379 g/mol. The predicted molar refractivity (Wildman–Crippen MR) is 106 cm³/mol. The third-order valence-corrected chi connectivity index (χ3v) is 3.97. The van der Waals surface area contributed by atoms with E-state index in [2.05, 4.69) is 15.6 Å². The summed E-state index contributed by atoms with van der Waals surface area (Å²) in [5, 5.41) is 5.47. The van der Waals surface area contributed by atoms with Gasteiger partial charge in [-0.05, 0) is 18.2 Å². The van der Waals surface area contributed by atoms with Gasteiger partial charge in [0.1, 0.15) is 5.75 Å². The number of benzene rings is 2. The van der Waals surface area contributed by atoms with Crippen molar-refractivity contribution in [2.24, 2.45) is 0 Å². The second-order valence-corrected chi connectivity index (χ2v) is 6.13. The second kappa shape index (κ2) is 8.85. The summed E-state index contributed by atoms with van der Waals surface area (Å²) in [5.74, 6) is 1.26. The highest BCUT2D eigenvalue weighted by Gasteiger charge is 2.12. The number of methoxy groups -OCH3 is 1. The summed E-state index contributed by atoms with van der Waals surface area (Å²) in [7, 11) is 1.51. The van der Waals surface area contributed by atoms with E-state index >= 15 is 0 Å². The van der Waals surface area contributed by atoms with Crippen molar-refractivity contribution in [3.8, 4) is 17.1 Å². The van der Waals surface area contributed by atoms with Crippen LogP contribution in [0.5, 0.6) is 5.75 Å². The summed E-state index contributed by atoms with van der Waals surface area (Å²) in [6.07, 6.45) is 2.22. The van der Waals surface area contributed by atoms with E-state index in [0.717, 1.165) is 5.56 Å². The molecule has 7 heteroatoms. The first-order valence-electron chi connectivity index (χ1n) is 8.81. The molecule has 144 valence electrons. The minimum atomic E-state index is -0.210. The third-order valence-electron chi connectivity index (χ3n) is 3.97. The average molecular weight is 379 g/mol. The van der Waals surface area contributed by atoms with Gasteiger partial charge in [0.2, 0.25) is 11.8 Å². The van der Waals surface area contributed by atoms with Crippen molar-refractivity contribution in [2.75, 3.05) is 17.7 Å². The zero-order chi connectivity index (χ0) is 19.9. The van der Waals surface area contributed by atoms with E-state index < -0.39 is 0 Å². The molecule has 0 atom stereocenters. The molecule has 3 rings (SSSR count). The lowest BCUT2D eigenvalue weighted by atomic mass is 10.2. The Morgan fingerprint density at radius 2 is 1.89 bits per heavy atom. The Labute approximate surface area is 162 Å². The highest BCUT2D eigenvalue weighted by Crippen LogP contribution is 2.28. The van der Waals surface area contributed by atoms with E-state index in [9.17, 15) is 9.59 Å². The molecule has 0 spiro atoms. The van der Waals surface area contributed by atoms with E-state index in [1.165, 1.54) is 14.0 Å². The van der Waals surface area contributed by atoms with Gasteiger partial charge in [-0.1, -0.05) is 30.3 Å². The summed E-state index contributed by atoms with van der Waals surface area (Å²) in [6.45, 7) is 1.42. The van der Waals surface area contributed by atoms with Crippen LogP contribution in [0.4, 0.5) is 11.4 Å². The Balaban J connectivity index is 1.61. The zero-order valence-corrected chi connectivity index (χ0v) is 15.7. The van der Waals surface area contributed by atoms with Crippen LogP contribution >= 0.6 is 0 Å². The van der Waals surface area contributed by atoms with Crippen molar-refractivity contribution in [1.82, 2.24) is 4.98 Å². The van der Waals surface area contributed by atoms with E-state index in [1.54, 1.807) is 24.4 Å². The van der Waals surface area contributed by atoms with E-state index in [0.29, 0.717) is 35.2 Å². The van der Waals surface area contributed by atoms with Crippen molar-refractivity contribution >= 4 is 23.2 Å². The van der Waals surface area contributed by atoms with Crippen LogP contribution in [0.3, 0.4) is 0 Å². The number of anilines is 2. The molecule has 0 radical (unpaired) electrons. The number of rotatable bonds is 7. The summed E-state index contributed by atoms with van der Waals surface area (Å²) in [5.41, 5.74) is 1.99. The fraction of sp³-hybridized carbons (Fsp3) is 0.190. The lowest BCUT2D eigenvalue weighted by Gasteiger charge is -2.12. The number of nitrogens with zero attached hydrogens (tertiary/aromatic N) is 1. The van der Waals surface area contributed by atoms with Crippen LogP contribution < -0.4 is 15.4 Å². The van der Waals surface area contributed by atoms with Crippen molar-refractivity contribution in [3.63, 3.8) is 0 Å². The van der Waals surface area contributed by atoms with Gasteiger partial charge < -0.3 is 19.8 Å². The third kappa shape index (κ3) is 4.97. The van der Waals surface area contributed by atoms with Crippen molar-refractivity contribution in [3.05, 3.63) is 60.6 Å². The van der Waals surface area contributed by atoms with Gasteiger partial charge in [-0.25, -0.2) is 4.98 Å². The molecule has 0 saturated carbocycles. The molecule has 1 aromatic heterocycles. The highest BCUT2D eigenvalue weighted by atomic mass is 16.5. The topological polar surface area (TPSA) is 93.5 Å². The maximum atomic E-state index is 12.3. The van der Waals surface area contributed by atoms with Crippen LogP contribution in [0, 0.1) is 0 Å². The fourth-order valence-electron chi connectivity index (χ4n) is 2.68. The molecular formula is C21H21N3O4. The summed E-state index contributed by atoms with van der Waals surface area (Å²) >= 11 is 0. The lowest BCUT2D eigenvalue weighted by molar-refractivity contribution is -0.116. The highest BCUT2D eigenvalue weighted by molar-refractivity contribution is 5.95. The molecular weight excluding hydrogens is 358 g/mol. The van der Waals surface area contributed by atoms with Crippen molar-refractivity contribution in [1.29, 1.82) is 0 Å². The van der Waals surface area contributed by atoms with Crippen LogP contribution in [-0.4, -0.2) is 23.9 Å². The number of aryl methyl sites for hydroxylation is 1. The Bertz CT molecular complexity index is 967. The van der Waals surface area contributed by atoms with Crippen LogP contribution in [0.25, 0.3) is 11.3 Å². The number of aromatic nitrogens is 1. The Kier molecular flexibility index (Phi) is 6.06.